The highest BCUT2D eigenvalue weighted by molar-refractivity contribution is 5.99. The summed E-state index contributed by atoms with van der Waals surface area (Å²) in [6.45, 7) is 3.02. The van der Waals surface area contributed by atoms with Crippen molar-refractivity contribution in [1.82, 2.24) is 4.90 Å². The number of hydrogen-bond donors (Lipinski definition) is 3. The summed E-state index contributed by atoms with van der Waals surface area (Å²) in [6.07, 6.45) is 1.19. The average Bonchev–Trinajstić information content (AvgIpc) is 2.38. The minimum absolute atomic E-state index is 0.0783. The Morgan fingerprint density at radius 2 is 2.33 bits per heavy atom. The van der Waals surface area contributed by atoms with Gasteiger partial charge in [0.05, 0.1) is 17.4 Å². The summed E-state index contributed by atoms with van der Waals surface area (Å²) in [5, 5.41) is 9.62. The minimum Gasteiger partial charge on any atom is -0.391 e. The number of piperidine rings is 1. The number of aliphatic hydroxyl groups excluding tert-OH is 1. The summed E-state index contributed by atoms with van der Waals surface area (Å²) in [5.74, 6) is 5.35. The van der Waals surface area contributed by atoms with Gasteiger partial charge < -0.3 is 15.4 Å². The van der Waals surface area contributed by atoms with E-state index in [4.69, 9.17) is 5.84 Å². The third-order valence-electron chi connectivity index (χ3n) is 3.24. The molecule has 1 aliphatic rings. The van der Waals surface area contributed by atoms with Crippen LogP contribution in [0.25, 0.3) is 0 Å². The van der Waals surface area contributed by atoms with E-state index in [2.05, 4.69) is 5.43 Å². The average molecular weight is 249 g/mol. The van der Waals surface area contributed by atoms with Crippen molar-refractivity contribution >= 4 is 11.6 Å². The van der Waals surface area contributed by atoms with E-state index < -0.39 is 6.10 Å². The maximum Gasteiger partial charge on any atom is 0.256 e. The number of carbonyl (C=O) groups is 1. The fourth-order valence-corrected chi connectivity index (χ4v) is 2.27. The molecule has 1 heterocycles. The van der Waals surface area contributed by atoms with Crippen molar-refractivity contribution in [1.29, 1.82) is 0 Å². The third-order valence-corrected chi connectivity index (χ3v) is 3.24. The van der Waals surface area contributed by atoms with Crippen molar-refractivity contribution in [2.24, 2.45) is 5.84 Å². The van der Waals surface area contributed by atoms with Crippen molar-refractivity contribution in [2.75, 3.05) is 18.5 Å². The predicted molar refractivity (Wildman–Crippen MR) is 70.1 cm³/mol. The number of carbonyl (C=O) groups excluding carboxylic acids is 1. The molecule has 1 aromatic carbocycles. The number of rotatable bonds is 2. The van der Waals surface area contributed by atoms with Crippen molar-refractivity contribution < 1.29 is 9.90 Å². The quantitative estimate of drug-likeness (QED) is 0.537. The molecule has 0 aliphatic carbocycles. The van der Waals surface area contributed by atoms with Gasteiger partial charge in [-0.2, -0.15) is 0 Å². The van der Waals surface area contributed by atoms with E-state index in [-0.39, 0.29) is 5.91 Å². The number of nitrogens with zero attached hydrogens (tertiary/aromatic N) is 1. The Morgan fingerprint density at radius 3 is 3.00 bits per heavy atom. The number of anilines is 1. The fraction of sp³-hybridized carbons (Fsp3) is 0.462. The van der Waals surface area contributed by atoms with Gasteiger partial charge in [-0.15, -0.1) is 0 Å². The minimum atomic E-state index is -0.415. The van der Waals surface area contributed by atoms with Gasteiger partial charge in [-0.05, 0) is 31.9 Å². The van der Waals surface area contributed by atoms with Gasteiger partial charge in [0.1, 0.15) is 0 Å². The number of nitrogens with one attached hydrogen (secondary N) is 1. The summed E-state index contributed by atoms with van der Waals surface area (Å²) in [6, 6.07) is 5.51. The van der Waals surface area contributed by atoms with Crippen LogP contribution in [0, 0.1) is 6.92 Å². The molecule has 98 valence electrons. The number of aryl methyl sites for hydroxylation is 1. The monoisotopic (exact) mass is 249 g/mol. The standard InChI is InChI=1S/C13H19N3O2/c1-9-4-5-12(15-14)11(7-9)13(18)16-6-2-3-10(17)8-16/h4-5,7,10,15,17H,2-3,6,8,14H2,1H3. The second-order valence-corrected chi connectivity index (χ2v) is 4.74. The number of nitrogen functional groups attached to an aromatic ring is 1. The molecular formula is C13H19N3O2. The highest BCUT2D eigenvalue weighted by Crippen LogP contribution is 2.20. The first-order valence-corrected chi connectivity index (χ1v) is 6.16. The molecule has 0 bridgehead atoms. The Hall–Kier alpha value is -1.59. The Morgan fingerprint density at radius 1 is 1.56 bits per heavy atom. The fourth-order valence-electron chi connectivity index (χ4n) is 2.27. The van der Waals surface area contributed by atoms with Crippen molar-refractivity contribution in [2.45, 2.75) is 25.9 Å². The number of aliphatic hydroxyl groups is 1. The van der Waals surface area contributed by atoms with Crippen LogP contribution in [0.5, 0.6) is 0 Å². The van der Waals surface area contributed by atoms with E-state index in [1.165, 1.54) is 0 Å². The van der Waals surface area contributed by atoms with Crippen LogP contribution in [0.2, 0.25) is 0 Å². The molecule has 1 amide bonds. The molecule has 5 nitrogen and oxygen atoms in total. The Bertz CT molecular complexity index is 448. The SMILES string of the molecule is Cc1ccc(NN)c(C(=O)N2CCCC(O)C2)c1. The molecule has 18 heavy (non-hydrogen) atoms. The number of hydrazine groups is 1. The van der Waals surface area contributed by atoms with Crippen molar-refractivity contribution in [3.63, 3.8) is 0 Å². The van der Waals surface area contributed by atoms with Crippen LogP contribution in [0.4, 0.5) is 5.69 Å². The highest BCUT2D eigenvalue weighted by atomic mass is 16.3. The molecule has 0 radical (unpaired) electrons. The zero-order valence-electron chi connectivity index (χ0n) is 10.5. The normalized spacial score (nSPS) is 19.7. The van der Waals surface area contributed by atoms with Crippen LogP contribution < -0.4 is 11.3 Å². The molecule has 0 saturated carbocycles. The first kappa shape index (κ1) is 12.9. The molecule has 0 aromatic heterocycles. The zero-order valence-corrected chi connectivity index (χ0v) is 10.5. The third kappa shape index (κ3) is 2.63. The maximum atomic E-state index is 12.4. The van der Waals surface area contributed by atoms with Crippen LogP contribution >= 0.6 is 0 Å². The van der Waals surface area contributed by atoms with Gasteiger partial charge in [0.15, 0.2) is 0 Å². The Labute approximate surface area is 107 Å². The van der Waals surface area contributed by atoms with Crippen LogP contribution in [-0.2, 0) is 0 Å². The van der Waals surface area contributed by atoms with E-state index in [9.17, 15) is 9.90 Å². The molecule has 1 aliphatic heterocycles. The topological polar surface area (TPSA) is 78.6 Å². The lowest BCUT2D eigenvalue weighted by molar-refractivity contribution is 0.0474. The summed E-state index contributed by atoms with van der Waals surface area (Å²) < 4.78 is 0. The molecule has 4 N–H and O–H groups in total. The van der Waals surface area contributed by atoms with Gasteiger partial charge >= 0.3 is 0 Å². The van der Waals surface area contributed by atoms with Crippen molar-refractivity contribution in [3.05, 3.63) is 29.3 Å². The Kier molecular flexibility index (Phi) is 3.84. The highest BCUT2D eigenvalue weighted by Gasteiger charge is 2.24. The van der Waals surface area contributed by atoms with E-state index >= 15 is 0 Å². The second-order valence-electron chi connectivity index (χ2n) is 4.74. The maximum absolute atomic E-state index is 12.4. The van der Waals surface area contributed by atoms with Gasteiger partial charge in [0.2, 0.25) is 0 Å². The summed E-state index contributed by atoms with van der Waals surface area (Å²) in [4.78, 5) is 14.1. The molecule has 5 heteroatoms. The summed E-state index contributed by atoms with van der Waals surface area (Å²) in [7, 11) is 0. The van der Waals surface area contributed by atoms with Gasteiger partial charge in [-0.25, -0.2) is 0 Å². The smallest absolute Gasteiger partial charge is 0.256 e. The molecule has 1 fully saturated rings. The molecule has 1 aromatic rings. The number of nitrogens with two attached hydrogens (primary N) is 1. The summed E-state index contributed by atoms with van der Waals surface area (Å²) >= 11 is 0. The summed E-state index contributed by atoms with van der Waals surface area (Å²) in [5.41, 5.74) is 4.73. The van der Waals surface area contributed by atoms with Gasteiger partial charge in [-0.3, -0.25) is 10.6 Å². The lowest BCUT2D eigenvalue weighted by Crippen LogP contribution is -2.42. The van der Waals surface area contributed by atoms with Gasteiger partial charge in [0.25, 0.3) is 5.91 Å². The zero-order chi connectivity index (χ0) is 13.1. The second kappa shape index (κ2) is 5.37. The number of hydrogen-bond acceptors (Lipinski definition) is 4. The molecule has 2 rings (SSSR count). The van der Waals surface area contributed by atoms with E-state index in [0.29, 0.717) is 24.3 Å². The predicted octanol–water partition coefficient (Wildman–Crippen LogP) is 0.878. The molecule has 1 atom stereocenters. The lowest BCUT2D eigenvalue weighted by Gasteiger charge is -2.30. The Balaban J connectivity index is 2.24. The molecule has 1 unspecified atom stereocenters. The number of benzene rings is 1. The van der Waals surface area contributed by atoms with Gasteiger partial charge in [0, 0.05) is 13.1 Å². The molecule has 1 saturated heterocycles. The van der Waals surface area contributed by atoms with E-state index in [1.807, 2.05) is 19.1 Å². The number of amides is 1. The van der Waals surface area contributed by atoms with Crippen molar-refractivity contribution in [3.8, 4) is 0 Å². The van der Waals surface area contributed by atoms with Crippen LogP contribution in [0.3, 0.4) is 0 Å². The van der Waals surface area contributed by atoms with Crippen LogP contribution in [0.1, 0.15) is 28.8 Å². The van der Waals surface area contributed by atoms with Crippen LogP contribution in [0.15, 0.2) is 18.2 Å². The van der Waals surface area contributed by atoms with Gasteiger partial charge in [-0.1, -0.05) is 11.6 Å². The largest absolute Gasteiger partial charge is 0.391 e. The van der Waals surface area contributed by atoms with Crippen LogP contribution in [-0.4, -0.2) is 35.1 Å². The molecule has 0 spiro atoms. The molecular weight excluding hydrogens is 230 g/mol. The lowest BCUT2D eigenvalue weighted by atomic mass is 10.0. The number of β-amino-alcohol motifs (C(OH)–C–C–N with tert-alkyl or cyclic N) is 1. The number of likely N-dealkylation sites (tertiary alicyclic amines) is 1. The first-order chi connectivity index (χ1) is 8.61. The van der Waals surface area contributed by atoms with E-state index in [1.54, 1.807) is 11.0 Å². The first-order valence-electron chi connectivity index (χ1n) is 6.16. The van der Waals surface area contributed by atoms with E-state index in [0.717, 1.165) is 18.4 Å².